The van der Waals surface area contributed by atoms with Crippen molar-refractivity contribution in [1.29, 1.82) is 0 Å². The number of amidine groups is 1. The molecule has 1 N–H and O–H groups in total. The van der Waals surface area contributed by atoms with Gasteiger partial charge in [-0.1, -0.05) is 55.3 Å². The van der Waals surface area contributed by atoms with E-state index in [0.29, 0.717) is 24.3 Å². The summed E-state index contributed by atoms with van der Waals surface area (Å²) < 4.78 is 0. The molecule has 1 aliphatic heterocycles. The van der Waals surface area contributed by atoms with Gasteiger partial charge in [0.1, 0.15) is 5.78 Å². The molecule has 1 aromatic rings. The van der Waals surface area contributed by atoms with E-state index in [1.54, 1.807) is 6.92 Å². The SMILES string of the molecule is CC(=O)Cc1cccc(C(C2CCCCC2)C2CSC(NC(C)(C)C)=N2)c1. The number of hydrogen-bond donors (Lipinski definition) is 1. The second kappa shape index (κ2) is 8.81. The van der Waals surface area contributed by atoms with Crippen molar-refractivity contribution in [3.05, 3.63) is 35.4 Å². The summed E-state index contributed by atoms with van der Waals surface area (Å²) in [5.41, 5.74) is 2.57. The Morgan fingerprint density at radius 3 is 2.67 bits per heavy atom. The quantitative estimate of drug-likeness (QED) is 0.742. The van der Waals surface area contributed by atoms with Gasteiger partial charge in [0, 0.05) is 23.6 Å². The molecule has 2 aliphatic rings. The molecule has 1 heterocycles. The molecule has 0 radical (unpaired) electrons. The molecule has 4 heteroatoms. The third kappa shape index (κ3) is 5.84. The van der Waals surface area contributed by atoms with Crippen LogP contribution in [0.3, 0.4) is 0 Å². The van der Waals surface area contributed by atoms with Gasteiger partial charge in [-0.25, -0.2) is 0 Å². The Kier molecular flexibility index (Phi) is 6.67. The molecule has 1 aliphatic carbocycles. The molecule has 3 nitrogen and oxygen atoms in total. The lowest BCUT2D eigenvalue weighted by Crippen LogP contribution is -2.38. The molecule has 0 bridgehead atoms. The Labute approximate surface area is 168 Å². The van der Waals surface area contributed by atoms with Crippen molar-refractivity contribution in [3.63, 3.8) is 0 Å². The van der Waals surface area contributed by atoms with Crippen LogP contribution in [0.4, 0.5) is 0 Å². The van der Waals surface area contributed by atoms with Gasteiger partial charge < -0.3 is 5.32 Å². The highest BCUT2D eigenvalue weighted by molar-refractivity contribution is 8.14. The molecule has 2 unspecified atom stereocenters. The van der Waals surface area contributed by atoms with E-state index in [-0.39, 0.29) is 11.3 Å². The fourth-order valence-corrected chi connectivity index (χ4v) is 5.66. The number of ketones is 1. The lowest BCUT2D eigenvalue weighted by molar-refractivity contribution is -0.116. The van der Waals surface area contributed by atoms with Crippen LogP contribution in [0.25, 0.3) is 0 Å². The van der Waals surface area contributed by atoms with Crippen molar-refractivity contribution >= 4 is 22.7 Å². The van der Waals surface area contributed by atoms with Crippen LogP contribution in [-0.4, -0.2) is 28.3 Å². The number of thioether (sulfide) groups is 1. The molecule has 2 atom stereocenters. The highest BCUT2D eigenvalue weighted by Crippen LogP contribution is 2.42. The van der Waals surface area contributed by atoms with Crippen molar-refractivity contribution in [2.45, 2.75) is 83.7 Å². The molecular formula is C23H34N2OS. The zero-order chi connectivity index (χ0) is 19.4. The Morgan fingerprint density at radius 1 is 1.26 bits per heavy atom. The topological polar surface area (TPSA) is 41.5 Å². The summed E-state index contributed by atoms with van der Waals surface area (Å²) in [5.74, 6) is 2.45. The summed E-state index contributed by atoms with van der Waals surface area (Å²) >= 11 is 1.86. The molecule has 3 rings (SSSR count). The van der Waals surface area contributed by atoms with E-state index in [0.717, 1.165) is 16.5 Å². The van der Waals surface area contributed by atoms with Crippen LogP contribution in [0.2, 0.25) is 0 Å². The monoisotopic (exact) mass is 386 g/mol. The largest absolute Gasteiger partial charge is 0.360 e. The lowest BCUT2D eigenvalue weighted by atomic mass is 9.73. The van der Waals surface area contributed by atoms with Gasteiger partial charge in [-0.15, -0.1) is 0 Å². The van der Waals surface area contributed by atoms with E-state index in [4.69, 9.17) is 4.99 Å². The first-order chi connectivity index (χ1) is 12.8. The number of carbonyl (C=O) groups is 1. The summed E-state index contributed by atoms with van der Waals surface area (Å²) in [6.07, 6.45) is 7.19. The molecule has 27 heavy (non-hydrogen) atoms. The number of aliphatic imine (C=N–C) groups is 1. The fourth-order valence-electron chi connectivity index (χ4n) is 4.46. The Morgan fingerprint density at radius 2 is 2.00 bits per heavy atom. The summed E-state index contributed by atoms with van der Waals surface area (Å²) in [5, 5.41) is 4.65. The number of nitrogens with zero attached hydrogens (tertiary/aromatic N) is 1. The van der Waals surface area contributed by atoms with Gasteiger partial charge in [-0.2, -0.15) is 0 Å². The second-order valence-electron chi connectivity index (χ2n) is 9.24. The Bertz CT molecular complexity index is 686. The molecule has 148 valence electrons. The van der Waals surface area contributed by atoms with E-state index in [9.17, 15) is 4.79 Å². The average molecular weight is 387 g/mol. The van der Waals surface area contributed by atoms with Gasteiger partial charge in [0.15, 0.2) is 5.17 Å². The van der Waals surface area contributed by atoms with Crippen LogP contribution in [0.5, 0.6) is 0 Å². The highest BCUT2D eigenvalue weighted by Gasteiger charge is 2.35. The van der Waals surface area contributed by atoms with E-state index in [1.165, 1.54) is 37.7 Å². The molecule has 1 saturated carbocycles. The minimum absolute atomic E-state index is 0.0441. The third-order valence-corrected chi connectivity index (χ3v) is 6.51. The summed E-state index contributed by atoms with van der Waals surface area (Å²) in [4.78, 5) is 16.7. The van der Waals surface area contributed by atoms with Crippen molar-refractivity contribution < 1.29 is 4.79 Å². The smallest absolute Gasteiger partial charge is 0.157 e. The van der Waals surface area contributed by atoms with Gasteiger partial charge in [0.05, 0.1) is 6.04 Å². The van der Waals surface area contributed by atoms with Crippen LogP contribution < -0.4 is 5.32 Å². The number of hydrogen-bond acceptors (Lipinski definition) is 4. The minimum Gasteiger partial charge on any atom is -0.360 e. The standard InChI is InChI=1S/C23H34N2OS/c1-16(26)13-17-9-8-12-19(14-17)21(18-10-6-5-7-11-18)20-15-27-22(24-20)25-23(2,3)4/h8-9,12,14,18,20-21H,5-7,10-11,13,15H2,1-4H3,(H,24,25). The van der Waals surface area contributed by atoms with Gasteiger partial charge in [0.2, 0.25) is 0 Å². The summed E-state index contributed by atoms with van der Waals surface area (Å²) in [6, 6.07) is 9.08. The molecule has 1 aromatic carbocycles. The Hall–Kier alpha value is -1.29. The average Bonchev–Trinajstić information content (AvgIpc) is 3.02. The van der Waals surface area contributed by atoms with E-state index in [2.05, 4.69) is 50.4 Å². The van der Waals surface area contributed by atoms with Crippen LogP contribution in [-0.2, 0) is 11.2 Å². The maximum atomic E-state index is 11.6. The van der Waals surface area contributed by atoms with Gasteiger partial charge >= 0.3 is 0 Å². The van der Waals surface area contributed by atoms with E-state index >= 15 is 0 Å². The number of nitrogens with one attached hydrogen (secondary N) is 1. The van der Waals surface area contributed by atoms with Gasteiger partial charge in [-0.05, 0) is 57.6 Å². The molecular weight excluding hydrogens is 352 g/mol. The lowest BCUT2D eigenvalue weighted by Gasteiger charge is -2.33. The maximum Gasteiger partial charge on any atom is 0.157 e. The minimum atomic E-state index is 0.0441. The third-order valence-electron chi connectivity index (χ3n) is 5.52. The van der Waals surface area contributed by atoms with Crippen molar-refractivity contribution in [2.75, 3.05) is 5.75 Å². The van der Waals surface area contributed by atoms with Crippen molar-refractivity contribution in [2.24, 2.45) is 10.9 Å². The molecule has 0 saturated heterocycles. The first kappa shape index (κ1) is 20.4. The van der Waals surface area contributed by atoms with Crippen molar-refractivity contribution in [3.8, 4) is 0 Å². The van der Waals surface area contributed by atoms with Crippen LogP contribution in [0, 0.1) is 5.92 Å². The summed E-state index contributed by atoms with van der Waals surface area (Å²) in [7, 11) is 0. The second-order valence-corrected chi connectivity index (χ2v) is 10.2. The van der Waals surface area contributed by atoms with Crippen LogP contribution in [0.1, 0.15) is 76.8 Å². The molecule has 1 fully saturated rings. The highest BCUT2D eigenvalue weighted by atomic mass is 32.2. The van der Waals surface area contributed by atoms with Crippen LogP contribution in [0.15, 0.2) is 29.3 Å². The number of rotatable bonds is 5. The van der Waals surface area contributed by atoms with Crippen molar-refractivity contribution in [1.82, 2.24) is 5.32 Å². The molecule has 0 amide bonds. The predicted molar refractivity (Wildman–Crippen MR) is 117 cm³/mol. The predicted octanol–water partition coefficient (Wildman–Crippen LogP) is 5.34. The number of benzene rings is 1. The van der Waals surface area contributed by atoms with Crippen LogP contribution >= 0.6 is 11.8 Å². The number of carbonyl (C=O) groups excluding carboxylic acids is 1. The van der Waals surface area contributed by atoms with Gasteiger partial charge in [-0.3, -0.25) is 9.79 Å². The zero-order valence-electron chi connectivity index (χ0n) is 17.3. The van der Waals surface area contributed by atoms with E-state index < -0.39 is 0 Å². The molecule has 0 aromatic heterocycles. The number of Topliss-reactive ketones (excluding diaryl/α,β-unsaturated/α-hetero) is 1. The first-order valence-electron chi connectivity index (χ1n) is 10.4. The molecule has 0 spiro atoms. The van der Waals surface area contributed by atoms with Gasteiger partial charge in [0.25, 0.3) is 0 Å². The zero-order valence-corrected chi connectivity index (χ0v) is 18.1. The summed E-state index contributed by atoms with van der Waals surface area (Å²) in [6.45, 7) is 8.24. The fraction of sp³-hybridized carbons (Fsp3) is 0.652. The normalized spacial score (nSPS) is 22.4. The Balaban J connectivity index is 1.87. The van der Waals surface area contributed by atoms with E-state index in [1.807, 2.05) is 11.8 Å². The maximum absolute atomic E-state index is 11.6. The first-order valence-corrected chi connectivity index (χ1v) is 11.4.